The third-order valence-corrected chi connectivity index (χ3v) is 8.21. The van der Waals surface area contributed by atoms with E-state index in [4.69, 9.17) is 21.1 Å². The zero-order valence-electron chi connectivity index (χ0n) is 21.3. The first kappa shape index (κ1) is 25.5. The maximum absolute atomic E-state index is 13.5. The van der Waals surface area contributed by atoms with Gasteiger partial charge in [-0.1, -0.05) is 55.8 Å². The number of methoxy groups -OCH3 is 1. The Bertz CT molecular complexity index is 1340. The Morgan fingerprint density at radius 1 is 1.08 bits per heavy atom. The number of hydrogen-bond acceptors (Lipinski definition) is 5. The summed E-state index contributed by atoms with van der Waals surface area (Å²) in [5, 5.41) is 1.54. The molecule has 2 fully saturated rings. The van der Waals surface area contributed by atoms with Crippen LogP contribution in [0.2, 0.25) is 5.02 Å². The molecular formula is C30H32ClNO5. The molecule has 0 radical (unpaired) electrons. The van der Waals surface area contributed by atoms with Crippen LogP contribution in [0.1, 0.15) is 55.3 Å². The number of fused-ring (bicyclic) bond motifs is 1. The van der Waals surface area contributed by atoms with Crippen molar-refractivity contribution in [3.05, 3.63) is 64.3 Å². The van der Waals surface area contributed by atoms with Crippen LogP contribution in [0.5, 0.6) is 5.75 Å². The number of aromatic nitrogens is 1. The van der Waals surface area contributed by atoms with Crippen molar-refractivity contribution < 1.29 is 23.9 Å². The minimum atomic E-state index is -1.34. The number of Topliss-reactive ketones (excluding diaryl/α,β-unsaturated/α-hetero) is 2. The average molecular weight is 522 g/mol. The summed E-state index contributed by atoms with van der Waals surface area (Å²) < 4.78 is 13.0. The van der Waals surface area contributed by atoms with Gasteiger partial charge in [0.2, 0.25) is 0 Å². The largest absolute Gasteiger partial charge is 0.497 e. The van der Waals surface area contributed by atoms with Crippen LogP contribution in [0.4, 0.5) is 0 Å². The van der Waals surface area contributed by atoms with E-state index in [9.17, 15) is 14.4 Å². The number of ketones is 2. The third-order valence-electron chi connectivity index (χ3n) is 7.96. The van der Waals surface area contributed by atoms with Crippen molar-refractivity contribution in [2.75, 3.05) is 7.11 Å². The van der Waals surface area contributed by atoms with Gasteiger partial charge in [-0.15, -0.1) is 0 Å². The van der Waals surface area contributed by atoms with Gasteiger partial charge in [-0.25, -0.2) is 0 Å². The maximum atomic E-state index is 13.5. The number of esters is 1. The van der Waals surface area contributed by atoms with Gasteiger partial charge in [0.05, 0.1) is 7.11 Å². The summed E-state index contributed by atoms with van der Waals surface area (Å²) in [6.07, 6.45) is 5.32. The molecule has 1 aliphatic carbocycles. The Hall–Kier alpha value is -3.12. The van der Waals surface area contributed by atoms with Crippen molar-refractivity contribution in [2.24, 2.45) is 11.8 Å². The monoisotopic (exact) mass is 521 g/mol. The molecule has 1 saturated heterocycles. The first-order chi connectivity index (χ1) is 17.9. The molecule has 0 spiro atoms. The van der Waals surface area contributed by atoms with Gasteiger partial charge in [0.1, 0.15) is 5.75 Å². The van der Waals surface area contributed by atoms with E-state index in [0.29, 0.717) is 29.7 Å². The molecule has 0 amide bonds. The van der Waals surface area contributed by atoms with Crippen molar-refractivity contribution in [1.29, 1.82) is 0 Å². The first-order valence-corrected chi connectivity index (χ1v) is 13.4. The van der Waals surface area contributed by atoms with Crippen molar-refractivity contribution in [3.8, 4) is 5.75 Å². The number of carbonyl (C=O) groups is 3. The normalized spacial score (nSPS) is 20.4. The Kier molecular flexibility index (Phi) is 7.38. The molecule has 2 aromatic carbocycles. The standard InChI is InChI=1S/C30H32ClNO5/c1-18-23(16-26(33)28-29(34)27(37-30(28)35)14-19-6-4-3-5-7-19)24-15-22(36-2)12-13-25(24)32(18)17-20-8-10-21(31)11-9-20/h8-13,15,19,27-28H,3-7,14,16-17H2,1-2H3. The van der Waals surface area contributed by atoms with Crippen molar-refractivity contribution in [1.82, 2.24) is 4.57 Å². The number of halogens is 1. The molecule has 5 rings (SSSR count). The van der Waals surface area contributed by atoms with Crippen LogP contribution in [-0.4, -0.2) is 35.3 Å². The lowest BCUT2D eigenvalue weighted by molar-refractivity contribution is -0.147. The fourth-order valence-corrected chi connectivity index (χ4v) is 6.01. The van der Waals surface area contributed by atoms with E-state index in [1.54, 1.807) is 7.11 Å². The minimum Gasteiger partial charge on any atom is -0.497 e. The van der Waals surface area contributed by atoms with Crippen molar-refractivity contribution in [3.63, 3.8) is 0 Å². The van der Waals surface area contributed by atoms with E-state index in [-0.39, 0.29) is 12.2 Å². The van der Waals surface area contributed by atoms with E-state index in [1.165, 1.54) is 6.42 Å². The average Bonchev–Trinajstić information content (AvgIpc) is 3.32. The molecule has 0 N–H and O–H groups in total. The fraction of sp³-hybridized carbons (Fsp3) is 0.433. The van der Waals surface area contributed by atoms with Crippen molar-refractivity contribution in [2.45, 2.75) is 64.5 Å². The van der Waals surface area contributed by atoms with Gasteiger partial charge >= 0.3 is 5.97 Å². The number of rotatable bonds is 8. The molecule has 1 aromatic heterocycles. The van der Waals surface area contributed by atoms with Gasteiger partial charge in [0.25, 0.3) is 0 Å². The van der Waals surface area contributed by atoms with Crippen LogP contribution in [0, 0.1) is 18.8 Å². The zero-order chi connectivity index (χ0) is 26.1. The van der Waals surface area contributed by atoms with E-state index in [0.717, 1.165) is 53.4 Å². The fourth-order valence-electron chi connectivity index (χ4n) is 5.88. The molecule has 2 unspecified atom stereocenters. The number of nitrogens with zero attached hydrogens (tertiary/aromatic N) is 1. The lowest BCUT2D eigenvalue weighted by Crippen LogP contribution is -2.30. The highest BCUT2D eigenvalue weighted by molar-refractivity contribution is 6.30. The molecule has 2 aliphatic rings. The highest BCUT2D eigenvalue weighted by Crippen LogP contribution is 2.34. The van der Waals surface area contributed by atoms with E-state index in [2.05, 4.69) is 4.57 Å². The smallest absolute Gasteiger partial charge is 0.325 e. The van der Waals surface area contributed by atoms with Crippen molar-refractivity contribution >= 4 is 40.0 Å². The van der Waals surface area contributed by atoms with Crippen LogP contribution in [0.3, 0.4) is 0 Å². The second-order valence-electron chi connectivity index (χ2n) is 10.3. The summed E-state index contributed by atoms with van der Waals surface area (Å²) in [5.41, 5.74) is 3.72. The second-order valence-corrected chi connectivity index (χ2v) is 10.7. The highest BCUT2D eigenvalue weighted by atomic mass is 35.5. The lowest BCUT2D eigenvalue weighted by atomic mass is 9.83. The summed E-state index contributed by atoms with van der Waals surface area (Å²) in [6, 6.07) is 13.4. The van der Waals surface area contributed by atoms with Gasteiger partial charge in [-0.05, 0) is 60.7 Å². The van der Waals surface area contributed by atoms with Crippen LogP contribution >= 0.6 is 11.6 Å². The van der Waals surface area contributed by atoms with Crippen LogP contribution < -0.4 is 4.74 Å². The predicted octanol–water partition coefficient (Wildman–Crippen LogP) is 5.85. The Labute approximate surface area is 221 Å². The van der Waals surface area contributed by atoms with Crippen LogP contribution in [0.15, 0.2) is 42.5 Å². The van der Waals surface area contributed by atoms with E-state index in [1.807, 2.05) is 49.4 Å². The summed E-state index contributed by atoms with van der Waals surface area (Å²) in [7, 11) is 1.60. The van der Waals surface area contributed by atoms with Gasteiger partial charge in [-0.3, -0.25) is 14.4 Å². The molecule has 1 saturated carbocycles. The second kappa shape index (κ2) is 10.7. The molecule has 2 heterocycles. The van der Waals surface area contributed by atoms with Crippen LogP contribution in [-0.2, 0) is 32.1 Å². The van der Waals surface area contributed by atoms with E-state index < -0.39 is 23.8 Å². The Morgan fingerprint density at radius 3 is 2.51 bits per heavy atom. The summed E-state index contributed by atoms with van der Waals surface area (Å²) in [4.78, 5) is 39.3. The molecule has 7 heteroatoms. The predicted molar refractivity (Wildman–Crippen MR) is 142 cm³/mol. The quantitative estimate of drug-likeness (QED) is 0.274. The van der Waals surface area contributed by atoms with Gasteiger partial charge < -0.3 is 14.0 Å². The molecule has 0 bridgehead atoms. The maximum Gasteiger partial charge on any atom is 0.325 e. The zero-order valence-corrected chi connectivity index (χ0v) is 22.1. The number of benzene rings is 2. The van der Waals surface area contributed by atoms with E-state index >= 15 is 0 Å². The number of carbonyl (C=O) groups excluding carboxylic acids is 3. The summed E-state index contributed by atoms with van der Waals surface area (Å²) in [5.74, 6) is -1.76. The Balaban J connectivity index is 1.42. The molecule has 194 valence electrons. The van der Waals surface area contributed by atoms with Crippen LogP contribution in [0.25, 0.3) is 10.9 Å². The van der Waals surface area contributed by atoms with Gasteiger partial charge in [0, 0.05) is 34.6 Å². The Morgan fingerprint density at radius 2 is 1.81 bits per heavy atom. The number of cyclic esters (lactones) is 1. The molecule has 2 atom stereocenters. The SMILES string of the molecule is COc1ccc2c(c1)c(CC(=O)C1C(=O)OC(CC3CCCCC3)C1=O)c(C)n2Cc1ccc(Cl)cc1. The molecule has 6 nitrogen and oxygen atoms in total. The van der Waals surface area contributed by atoms with Gasteiger partial charge in [-0.2, -0.15) is 0 Å². The first-order valence-electron chi connectivity index (χ1n) is 13.0. The summed E-state index contributed by atoms with van der Waals surface area (Å²) in [6.45, 7) is 2.56. The van der Waals surface area contributed by atoms with Gasteiger partial charge in [0.15, 0.2) is 23.6 Å². The number of hydrogen-bond donors (Lipinski definition) is 0. The highest BCUT2D eigenvalue weighted by Gasteiger charge is 2.48. The molecule has 3 aromatic rings. The number of ether oxygens (including phenoxy) is 2. The minimum absolute atomic E-state index is 0.0230. The summed E-state index contributed by atoms with van der Waals surface area (Å²) >= 11 is 6.06. The topological polar surface area (TPSA) is 74.6 Å². The third kappa shape index (κ3) is 5.17. The molecular weight excluding hydrogens is 490 g/mol. The lowest BCUT2D eigenvalue weighted by Gasteiger charge is -2.23. The molecule has 1 aliphatic heterocycles. The molecule has 37 heavy (non-hydrogen) atoms.